The molecule has 0 aromatic heterocycles. The largest absolute Gasteiger partial charge is 0.479 e. The fourth-order valence-corrected chi connectivity index (χ4v) is 1.17. The summed E-state index contributed by atoms with van der Waals surface area (Å²) in [5, 5.41) is 18.6. The monoisotopic (exact) mass is 299 g/mol. The lowest BCUT2D eigenvalue weighted by Gasteiger charge is -2.10. The first-order chi connectivity index (χ1) is 9.18. The van der Waals surface area contributed by atoms with E-state index in [0.29, 0.717) is 0 Å². The van der Waals surface area contributed by atoms with Crippen LogP contribution >= 0.6 is 0 Å². The Balaban J connectivity index is 3.08. The molecule has 0 bridgehead atoms. The maximum Gasteiger partial charge on any atom is 0.334 e. The highest BCUT2D eigenvalue weighted by atomic mass is 19.2. The molecule has 10 heteroatoms. The van der Waals surface area contributed by atoms with E-state index in [1.54, 1.807) is 0 Å². The van der Waals surface area contributed by atoms with Crippen LogP contribution in [0.25, 0.3) is 0 Å². The maximum atomic E-state index is 13.2. The molecule has 0 saturated carbocycles. The highest BCUT2D eigenvalue weighted by Crippen LogP contribution is 2.22. The van der Waals surface area contributed by atoms with Crippen LogP contribution in [0.15, 0.2) is 0 Å². The lowest BCUT2D eigenvalue weighted by molar-refractivity contribution is -0.146. The molecule has 0 saturated heterocycles. The van der Waals surface area contributed by atoms with Gasteiger partial charge in [-0.25, -0.2) is 26.7 Å². The van der Waals surface area contributed by atoms with E-state index < -0.39 is 59.2 Å². The van der Waals surface area contributed by atoms with Gasteiger partial charge in [-0.3, -0.25) is 4.79 Å². The van der Waals surface area contributed by atoms with Crippen molar-refractivity contribution in [3.05, 3.63) is 34.6 Å². The average Bonchev–Trinajstić information content (AvgIpc) is 2.40. The maximum absolute atomic E-state index is 13.2. The number of aliphatic hydroxyl groups excluding tert-OH is 1. The molecule has 0 spiro atoms. The first-order valence-corrected chi connectivity index (χ1v) is 4.89. The van der Waals surface area contributed by atoms with Gasteiger partial charge in [0.15, 0.2) is 29.4 Å². The molecule has 0 radical (unpaired) electrons. The predicted molar refractivity (Wildman–Crippen MR) is 52.2 cm³/mol. The van der Waals surface area contributed by atoms with E-state index in [2.05, 4.69) is 0 Å². The molecule has 5 nitrogen and oxygen atoms in total. The number of nitrogens with one attached hydrogen (secondary N) is 1. The van der Waals surface area contributed by atoms with E-state index in [9.17, 15) is 31.5 Å². The number of rotatable bonds is 4. The van der Waals surface area contributed by atoms with Crippen molar-refractivity contribution in [1.29, 1.82) is 0 Å². The number of amides is 1. The molecule has 1 rings (SSSR count). The van der Waals surface area contributed by atoms with E-state index in [1.807, 2.05) is 0 Å². The Labute approximate surface area is 107 Å². The molecule has 1 aromatic rings. The van der Waals surface area contributed by atoms with Gasteiger partial charge in [0, 0.05) is 0 Å². The topological polar surface area (TPSA) is 86.6 Å². The number of aliphatic hydroxyl groups is 1. The quantitative estimate of drug-likeness (QED) is 0.431. The Bertz CT molecular complexity index is 548. The Kier molecular flexibility index (Phi) is 4.61. The zero-order chi connectivity index (χ0) is 15.6. The number of carbonyl (C=O) groups is 2. The van der Waals surface area contributed by atoms with Crippen LogP contribution in [0.4, 0.5) is 22.0 Å². The van der Waals surface area contributed by atoms with E-state index in [-0.39, 0.29) is 0 Å². The summed E-state index contributed by atoms with van der Waals surface area (Å²) in [5.41, 5.74) is -1.76. The van der Waals surface area contributed by atoms with Crippen molar-refractivity contribution >= 4 is 11.9 Å². The van der Waals surface area contributed by atoms with Crippen molar-refractivity contribution in [3.63, 3.8) is 0 Å². The molecule has 1 aromatic carbocycles. The zero-order valence-electron chi connectivity index (χ0n) is 9.39. The summed E-state index contributed by atoms with van der Waals surface area (Å²) >= 11 is 0. The summed E-state index contributed by atoms with van der Waals surface area (Å²) in [6, 6.07) is 0. The van der Waals surface area contributed by atoms with Gasteiger partial charge in [0.25, 0.3) is 5.91 Å². The highest BCUT2D eigenvalue weighted by molar-refractivity contribution is 5.95. The van der Waals surface area contributed by atoms with Gasteiger partial charge in [-0.1, -0.05) is 0 Å². The zero-order valence-corrected chi connectivity index (χ0v) is 9.39. The third-order valence-corrected chi connectivity index (χ3v) is 2.18. The lowest BCUT2D eigenvalue weighted by atomic mass is 10.1. The van der Waals surface area contributed by atoms with Crippen molar-refractivity contribution in [3.8, 4) is 0 Å². The molecule has 0 aliphatic rings. The number of carboxylic acid groups (broad SMARTS) is 1. The Hall–Kier alpha value is -2.23. The van der Waals surface area contributed by atoms with Crippen LogP contribution in [-0.4, -0.2) is 34.7 Å². The Morgan fingerprint density at radius 3 is 1.75 bits per heavy atom. The van der Waals surface area contributed by atoms with Gasteiger partial charge in [0.1, 0.15) is 5.56 Å². The van der Waals surface area contributed by atoms with Crippen molar-refractivity contribution in [2.45, 2.75) is 6.10 Å². The van der Waals surface area contributed by atoms with Gasteiger partial charge in [-0.2, -0.15) is 0 Å². The molecule has 0 aliphatic heterocycles. The summed E-state index contributed by atoms with van der Waals surface area (Å²) in [6.45, 7) is -0.979. The summed E-state index contributed by atoms with van der Waals surface area (Å²) < 4.78 is 64.7. The second-order valence-electron chi connectivity index (χ2n) is 3.51. The number of aliphatic carboxylic acids is 1. The van der Waals surface area contributed by atoms with Crippen LogP contribution in [0.2, 0.25) is 0 Å². The number of halogens is 5. The summed E-state index contributed by atoms with van der Waals surface area (Å²) in [7, 11) is 0. The summed E-state index contributed by atoms with van der Waals surface area (Å²) in [4.78, 5) is 21.5. The fourth-order valence-electron chi connectivity index (χ4n) is 1.17. The molecule has 0 heterocycles. The van der Waals surface area contributed by atoms with Gasteiger partial charge in [0.05, 0.1) is 6.54 Å². The van der Waals surface area contributed by atoms with Gasteiger partial charge < -0.3 is 15.5 Å². The number of carboxylic acids is 1. The molecular formula is C10H6F5NO4. The predicted octanol–water partition coefficient (Wildman–Crippen LogP) is 0.557. The first-order valence-electron chi connectivity index (χ1n) is 4.89. The van der Waals surface area contributed by atoms with Crippen molar-refractivity contribution < 1.29 is 41.8 Å². The minimum absolute atomic E-state index is 0.979. The normalized spacial score (nSPS) is 12.1. The molecule has 0 aliphatic carbocycles. The third-order valence-electron chi connectivity index (χ3n) is 2.18. The van der Waals surface area contributed by atoms with Crippen LogP contribution in [0.5, 0.6) is 0 Å². The number of hydrogen-bond acceptors (Lipinski definition) is 3. The first kappa shape index (κ1) is 15.8. The standard InChI is InChI=1S/C10H6F5NO4/c11-4-3(5(12)7(14)8(15)6(4)13)9(18)16-1-2(17)10(19)20/h2,17H,1H2,(H,16,18)(H,19,20). The molecule has 1 amide bonds. The van der Waals surface area contributed by atoms with E-state index in [1.165, 1.54) is 5.32 Å². The van der Waals surface area contributed by atoms with Crippen molar-refractivity contribution in [2.24, 2.45) is 0 Å². The Morgan fingerprint density at radius 2 is 1.35 bits per heavy atom. The summed E-state index contributed by atoms with van der Waals surface area (Å²) in [6.07, 6.45) is -2.10. The van der Waals surface area contributed by atoms with Crippen LogP contribution in [0, 0.1) is 29.1 Å². The molecular weight excluding hydrogens is 293 g/mol. The SMILES string of the molecule is O=C(NCC(O)C(=O)O)c1c(F)c(F)c(F)c(F)c1F. The molecule has 110 valence electrons. The minimum Gasteiger partial charge on any atom is -0.479 e. The second kappa shape index (κ2) is 5.82. The van der Waals surface area contributed by atoms with Crippen LogP contribution < -0.4 is 5.32 Å². The number of hydrogen-bond donors (Lipinski definition) is 3. The Morgan fingerprint density at radius 1 is 0.950 bits per heavy atom. The van der Waals surface area contributed by atoms with Crippen molar-refractivity contribution in [1.82, 2.24) is 5.32 Å². The highest BCUT2D eigenvalue weighted by Gasteiger charge is 2.30. The van der Waals surface area contributed by atoms with Crippen LogP contribution in [-0.2, 0) is 4.79 Å². The average molecular weight is 299 g/mol. The molecule has 20 heavy (non-hydrogen) atoms. The number of benzene rings is 1. The van der Waals surface area contributed by atoms with Gasteiger partial charge >= 0.3 is 5.97 Å². The third kappa shape index (κ3) is 2.85. The molecule has 1 unspecified atom stereocenters. The minimum atomic E-state index is -2.43. The van der Waals surface area contributed by atoms with Gasteiger partial charge in [0.2, 0.25) is 5.82 Å². The summed E-state index contributed by atoms with van der Waals surface area (Å²) in [5.74, 6) is -15.3. The van der Waals surface area contributed by atoms with Crippen molar-refractivity contribution in [2.75, 3.05) is 6.54 Å². The molecule has 0 fully saturated rings. The van der Waals surface area contributed by atoms with Crippen LogP contribution in [0.1, 0.15) is 10.4 Å². The van der Waals surface area contributed by atoms with E-state index >= 15 is 0 Å². The van der Waals surface area contributed by atoms with E-state index in [0.717, 1.165) is 0 Å². The second-order valence-corrected chi connectivity index (χ2v) is 3.51. The van der Waals surface area contributed by atoms with Gasteiger partial charge in [-0.05, 0) is 0 Å². The smallest absolute Gasteiger partial charge is 0.334 e. The van der Waals surface area contributed by atoms with Crippen LogP contribution in [0.3, 0.4) is 0 Å². The fraction of sp³-hybridized carbons (Fsp3) is 0.200. The van der Waals surface area contributed by atoms with E-state index in [4.69, 9.17) is 10.2 Å². The molecule has 3 N–H and O–H groups in total. The molecule has 1 atom stereocenters. The van der Waals surface area contributed by atoms with Gasteiger partial charge in [-0.15, -0.1) is 0 Å². The number of carbonyl (C=O) groups excluding carboxylic acids is 1. The lowest BCUT2D eigenvalue weighted by Crippen LogP contribution is -2.37.